The summed E-state index contributed by atoms with van der Waals surface area (Å²) < 4.78 is 5.10. The molecule has 0 radical (unpaired) electrons. The smallest absolute Gasteiger partial charge is 0.271 e. The van der Waals surface area contributed by atoms with Crippen molar-refractivity contribution in [3.63, 3.8) is 0 Å². The molecule has 0 aliphatic carbocycles. The molecule has 7 nitrogen and oxygen atoms in total. The van der Waals surface area contributed by atoms with Crippen molar-refractivity contribution in [2.24, 2.45) is 5.16 Å². The molecule has 0 amide bonds. The zero-order valence-electron chi connectivity index (χ0n) is 7.32. The lowest BCUT2D eigenvalue weighted by Crippen LogP contribution is -1.86. The zero-order chi connectivity index (χ0) is 10.8. The van der Waals surface area contributed by atoms with Crippen molar-refractivity contribution in [3.8, 4) is 0 Å². The number of hydrogen-bond donors (Lipinski definition) is 1. The van der Waals surface area contributed by atoms with Gasteiger partial charge in [0.15, 0.2) is 5.58 Å². The number of nitrogens with zero attached hydrogens (tertiary/aromatic N) is 3. The fraction of sp³-hybridized carbons (Fsp3) is 0. The van der Waals surface area contributed by atoms with Crippen LogP contribution in [0.4, 0.5) is 5.69 Å². The minimum Gasteiger partial charge on any atom is -0.435 e. The molecule has 2 aromatic rings. The highest BCUT2D eigenvalue weighted by molar-refractivity contribution is 5.82. The van der Waals surface area contributed by atoms with Crippen LogP contribution in [0.25, 0.3) is 11.1 Å². The van der Waals surface area contributed by atoms with E-state index in [2.05, 4.69) is 10.1 Å². The molecule has 7 heteroatoms. The third-order valence-electron chi connectivity index (χ3n) is 1.77. The monoisotopic (exact) mass is 207 g/mol. The van der Waals surface area contributed by atoms with E-state index in [4.69, 9.17) is 9.62 Å². The molecule has 76 valence electrons. The van der Waals surface area contributed by atoms with Crippen molar-refractivity contribution in [3.05, 3.63) is 34.2 Å². The zero-order valence-corrected chi connectivity index (χ0v) is 7.32. The van der Waals surface area contributed by atoms with Crippen molar-refractivity contribution in [1.29, 1.82) is 0 Å². The molecule has 0 aliphatic rings. The Balaban J connectivity index is 2.56. The Morgan fingerprint density at radius 2 is 2.40 bits per heavy atom. The van der Waals surface area contributed by atoms with Gasteiger partial charge in [-0.3, -0.25) is 10.1 Å². The summed E-state index contributed by atoms with van der Waals surface area (Å²) in [5.74, 6) is 0.0907. The number of non-ortho nitro benzene ring substituents is 1. The molecule has 0 atom stereocenters. The van der Waals surface area contributed by atoms with E-state index in [1.165, 1.54) is 18.2 Å². The second-order valence-electron chi connectivity index (χ2n) is 2.71. The van der Waals surface area contributed by atoms with Crippen LogP contribution >= 0.6 is 0 Å². The topological polar surface area (TPSA) is 102 Å². The van der Waals surface area contributed by atoms with Gasteiger partial charge in [-0.15, -0.1) is 0 Å². The highest BCUT2D eigenvalue weighted by Gasteiger charge is 2.10. The third-order valence-corrected chi connectivity index (χ3v) is 1.77. The SMILES string of the molecule is O=[N+]([O-])c1ccc2oc(/C=N/O)nc2c1. The minimum absolute atomic E-state index is 0.0664. The summed E-state index contributed by atoms with van der Waals surface area (Å²) in [6, 6.07) is 4.04. The second-order valence-corrected chi connectivity index (χ2v) is 2.71. The summed E-state index contributed by atoms with van der Waals surface area (Å²) in [6.45, 7) is 0. The molecule has 1 aromatic carbocycles. The van der Waals surface area contributed by atoms with Gasteiger partial charge in [-0.2, -0.15) is 0 Å². The normalized spacial score (nSPS) is 11.2. The summed E-state index contributed by atoms with van der Waals surface area (Å²) in [4.78, 5) is 13.8. The molecular formula is C8H5N3O4. The van der Waals surface area contributed by atoms with Crippen molar-refractivity contribution in [2.75, 3.05) is 0 Å². The molecular weight excluding hydrogens is 202 g/mol. The molecule has 1 aromatic heterocycles. The summed E-state index contributed by atoms with van der Waals surface area (Å²) in [5, 5.41) is 21.5. The van der Waals surface area contributed by atoms with Crippen molar-refractivity contribution >= 4 is 23.0 Å². The van der Waals surface area contributed by atoms with Crippen LogP contribution in [0.2, 0.25) is 0 Å². The predicted molar refractivity (Wildman–Crippen MR) is 50.0 cm³/mol. The van der Waals surface area contributed by atoms with Crippen LogP contribution in [-0.2, 0) is 0 Å². The molecule has 0 saturated carbocycles. The van der Waals surface area contributed by atoms with E-state index in [1.807, 2.05) is 0 Å². The van der Waals surface area contributed by atoms with Crippen molar-refractivity contribution in [2.45, 2.75) is 0 Å². The molecule has 0 spiro atoms. The van der Waals surface area contributed by atoms with Gasteiger partial charge in [0, 0.05) is 12.1 Å². The van der Waals surface area contributed by atoms with Gasteiger partial charge in [0.25, 0.3) is 5.69 Å². The van der Waals surface area contributed by atoms with Gasteiger partial charge in [-0.05, 0) is 6.07 Å². The maximum absolute atomic E-state index is 10.5. The van der Waals surface area contributed by atoms with Crippen LogP contribution in [0, 0.1) is 10.1 Å². The molecule has 0 fully saturated rings. The van der Waals surface area contributed by atoms with E-state index >= 15 is 0 Å². The van der Waals surface area contributed by atoms with Crippen LogP contribution in [-0.4, -0.2) is 21.3 Å². The molecule has 0 aliphatic heterocycles. The largest absolute Gasteiger partial charge is 0.435 e. The van der Waals surface area contributed by atoms with Crippen LogP contribution in [0.3, 0.4) is 0 Å². The average molecular weight is 207 g/mol. The number of oxazole rings is 1. The fourth-order valence-electron chi connectivity index (χ4n) is 1.15. The van der Waals surface area contributed by atoms with E-state index in [0.29, 0.717) is 11.1 Å². The van der Waals surface area contributed by atoms with Crippen molar-refractivity contribution in [1.82, 2.24) is 4.98 Å². The number of aromatic nitrogens is 1. The van der Waals surface area contributed by atoms with E-state index < -0.39 is 4.92 Å². The van der Waals surface area contributed by atoms with Crippen LogP contribution in [0.1, 0.15) is 5.89 Å². The molecule has 0 saturated heterocycles. The molecule has 0 bridgehead atoms. The quantitative estimate of drug-likeness (QED) is 0.348. The fourth-order valence-corrected chi connectivity index (χ4v) is 1.15. The lowest BCUT2D eigenvalue weighted by atomic mass is 10.3. The lowest BCUT2D eigenvalue weighted by Gasteiger charge is -1.88. The Labute approximate surface area is 82.8 Å². The maximum atomic E-state index is 10.5. The lowest BCUT2D eigenvalue weighted by molar-refractivity contribution is -0.384. The van der Waals surface area contributed by atoms with E-state index in [1.54, 1.807) is 0 Å². The van der Waals surface area contributed by atoms with Crippen LogP contribution < -0.4 is 0 Å². The first-order valence-corrected chi connectivity index (χ1v) is 3.93. The first-order chi connectivity index (χ1) is 7.20. The second kappa shape index (κ2) is 3.37. The predicted octanol–water partition coefficient (Wildman–Crippen LogP) is 1.54. The molecule has 1 heterocycles. The Kier molecular flexibility index (Phi) is 2.05. The number of hydrogen-bond acceptors (Lipinski definition) is 6. The first-order valence-electron chi connectivity index (χ1n) is 3.93. The number of nitro groups is 1. The van der Waals surface area contributed by atoms with Gasteiger partial charge in [0.1, 0.15) is 11.7 Å². The highest BCUT2D eigenvalue weighted by atomic mass is 16.6. The van der Waals surface area contributed by atoms with E-state index in [9.17, 15) is 10.1 Å². The molecule has 1 N–H and O–H groups in total. The summed E-state index contributed by atoms with van der Waals surface area (Å²) in [7, 11) is 0. The number of rotatable bonds is 2. The first kappa shape index (κ1) is 9.13. The minimum atomic E-state index is -0.520. The number of benzene rings is 1. The summed E-state index contributed by atoms with van der Waals surface area (Å²) in [6.07, 6.45) is 1.01. The summed E-state index contributed by atoms with van der Waals surface area (Å²) in [5.41, 5.74) is 0.679. The number of oxime groups is 1. The van der Waals surface area contributed by atoms with E-state index in [-0.39, 0.29) is 11.6 Å². The Bertz CT molecular complexity index is 546. The van der Waals surface area contributed by atoms with Gasteiger partial charge >= 0.3 is 0 Å². The van der Waals surface area contributed by atoms with E-state index in [0.717, 1.165) is 6.21 Å². The standard InChI is InChI=1S/C8H5N3O4/c12-9-4-8-10-6-3-5(11(13)14)1-2-7(6)15-8/h1-4,12H/b9-4+. The maximum Gasteiger partial charge on any atom is 0.271 e. The number of fused-ring (bicyclic) bond motifs is 1. The van der Waals surface area contributed by atoms with Crippen LogP contribution in [0.5, 0.6) is 0 Å². The van der Waals surface area contributed by atoms with Gasteiger partial charge in [0.05, 0.1) is 4.92 Å². The Morgan fingerprint density at radius 3 is 3.07 bits per heavy atom. The molecule has 2 rings (SSSR count). The van der Waals surface area contributed by atoms with Crippen LogP contribution in [0.15, 0.2) is 27.8 Å². The summed E-state index contributed by atoms with van der Waals surface area (Å²) >= 11 is 0. The molecule has 15 heavy (non-hydrogen) atoms. The van der Waals surface area contributed by atoms with Gasteiger partial charge < -0.3 is 9.62 Å². The number of nitro benzene ring substituents is 1. The van der Waals surface area contributed by atoms with Crippen molar-refractivity contribution < 1.29 is 14.5 Å². The van der Waals surface area contributed by atoms with Gasteiger partial charge in [-0.25, -0.2) is 4.98 Å². The Hall–Kier alpha value is -2.44. The average Bonchev–Trinajstić information content (AvgIpc) is 2.59. The third kappa shape index (κ3) is 1.62. The Morgan fingerprint density at radius 1 is 1.60 bits per heavy atom. The molecule has 0 unspecified atom stereocenters. The highest BCUT2D eigenvalue weighted by Crippen LogP contribution is 2.20. The van der Waals surface area contributed by atoms with Gasteiger partial charge in [0.2, 0.25) is 5.89 Å². The van der Waals surface area contributed by atoms with Gasteiger partial charge in [-0.1, -0.05) is 5.16 Å².